The summed E-state index contributed by atoms with van der Waals surface area (Å²) < 4.78 is 0. The molecule has 1 aromatic heterocycles. The minimum atomic E-state index is 0.605. The Morgan fingerprint density at radius 3 is 2.95 bits per heavy atom. The number of H-pyrrole nitrogens is 1. The Kier molecular flexibility index (Phi) is 3.31. The predicted molar refractivity (Wildman–Crippen MR) is 79.1 cm³/mol. The molecule has 2 aromatic rings. The molecule has 4 rings (SSSR count). The number of aromatic nitrogens is 3. The Morgan fingerprint density at radius 1 is 1.26 bits per heavy atom. The van der Waals surface area contributed by atoms with Crippen LogP contribution in [0.15, 0.2) is 17.2 Å². The van der Waals surface area contributed by atoms with Crippen molar-refractivity contribution in [3.8, 4) is 0 Å². The van der Waals surface area contributed by atoms with Crippen molar-refractivity contribution in [2.75, 3.05) is 0 Å². The summed E-state index contributed by atoms with van der Waals surface area (Å²) in [4.78, 5) is 0. The summed E-state index contributed by atoms with van der Waals surface area (Å²) in [6.07, 6.45) is 4.57. The van der Waals surface area contributed by atoms with Gasteiger partial charge in [0.25, 0.3) is 0 Å². The van der Waals surface area contributed by atoms with E-state index in [2.05, 4.69) is 21.5 Å². The molecule has 3 nitrogen and oxygen atoms in total. The monoisotopic (exact) mass is 275 g/mol. The van der Waals surface area contributed by atoms with Crippen molar-refractivity contribution in [1.29, 1.82) is 0 Å². The normalized spacial score (nSPS) is 20.9. The van der Waals surface area contributed by atoms with Crippen molar-refractivity contribution in [2.24, 2.45) is 5.92 Å². The van der Waals surface area contributed by atoms with Gasteiger partial charge in [0.1, 0.15) is 11.0 Å². The second-order valence-corrected chi connectivity index (χ2v) is 5.35. The maximum Gasteiger partial charge on any atom is 0.116 e. The van der Waals surface area contributed by atoms with Crippen LogP contribution in [0, 0.1) is 5.92 Å². The van der Waals surface area contributed by atoms with Crippen LogP contribution in [-0.4, -0.2) is 15.4 Å². The van der Waals surface area contributed by atoms with Gasteiger partial charge >= 0.3 is 0 Å². The van der Waals surface area contributed by atoms with E-state index < -0.39 is 0 Å². The summed E-state index contributed by atoms with van der Waals surface area (Å²) in [5, 5.41) is 12.2. The van der Waals surface area contributed by atoms with E-state index in [4.69, 9.17) is 11.6 Å². The number of aromatic amines is 1. The highest BCUT2D eigenvalue weighted by Gasteiger charge is 2.33. The Balaban J connectivity index is 0.000000528. The molecule has 19 heavy (non-hydrogen) atoms. The number of allylic oxidation sites excluding steroid dienone is 2. The number of hydrogen-bond acceptors (Lipinski definition) is 2. The van der Waals surface area contributed by atoms with Gasteiger partial charge in [-0.25, -0.2) is 0 Å². The fourth-order valence-corrected chi connectivity index (χ4v) is 3.64. The first kappa shape index (κ1) is 12.7. The number of benzene rings is 1. The second-order valence-electron chi connectivity index (χ2n) is 4.89. The predicted octanol–water partition coefficient (Wildman–Crippen LogP) is 4.29. The van der Waals surface area contributed by atoms with E-state index in [-0.39, 0.29) is 0 Å². The average Bonchev–Trinajstić information content (AvgIpc) is 3.04. The van der Waals surface area contributed by atoms with Crippen LogP contribution in [0.5, 0.6) is 0 Å². The molecule has 1 atom stereocenters. The van der Waals surface area contributed by atoms with Gasteiger partial charge in [0.05, 0.1) is 0 Å². The standard InChI is InChI=1S/C13H12ClN3.C2H6/c14-10-3-1-2-7-6-9-8(12(7)10)4-5-11-13(9)16-17-15-11;1-2/h4-5,7H,1-3,6H2,(H,15,16,17);1-2H3. The summed E-state index contributed by atoms with van der Waals surface area (Å²) >= 11 is 6.41. The van der Waals surface area contributed by atoms with Crippen LogP contribution < -0.4 is 0 Å². The number of rotatable bonds is 0. The lowest BCUT2D eigenvalue weighted by Gasteiger charge is -2.19. The molecule has 2 aliphatic carbocycles. The molecule has 100 valence electrons. The Labute approximate surface area is 118 Å². The number of nitrogens with one attached hydrogen (secondary N) is 1. The molecule has 0 spiro atoms. The number of nitrogens with zero attached hydrogens (tertiary/aromatic N) is 2. The fraction of sp³-hybridized carbons (Fsp3) is 0.467. The van der Waals surface area contributed by atoms with Crippen LogP contribution in [-0.2, 0) is 6.42 Å². The van der Waals surface area contributed by atoms with Crippen molar-refractivity contribution < 1.29 is 0 Å². The van der Waals surface area contributed by atoms with Crippen LogP contribution in [0.4, 0.5) is 0 Å². The number of halogens is 1. The molecule has 0 radical (unpaired) electrons. The van der Waals surface area contributed by atoms with Crippen molar-refractivity contribution in [1.82, 2.24) is 15.4 Å². The van der Waals surface area contributed by atoms with Crippen LogP contribution in [0.3, 0.4) is 0 Å². The molecule has 0 aliphatic heterocycles. The quantitative estimate of drug-likeness (QED) is 0.779. The van der Waals surface area contributed by atoms with Gasteiger partial charge in [0.2, 0.25) is 0 Å². The van der Waals surface area contributed by atoms with Crippen LogP contribution in [0.25, 0.3) is 16.6 Å². The van der Waals surface area contributed by atoms with E-state index in [9.17, 15) is 0 Å². The maximum absolute atomic E-state index is 6.41. The molecule has 1 unspecified atom stereocenters. The van der Waals surface area contributed by atoms with Crippen LogP contribution in [0.2, 0.25) is 0 Å². The van der Waals surface area contributed by atoms with Crippen LogP contribution >= 0.6 is 11.6 Å². The zero-order valence-electron chi connectivity index (χ0n) is 11.3. The molecule has 4 heteroatoms. The Morgan fingerprint density at radius 2 is 2.11 bits per heavy atom. The lowest BCUT2D eigenvalue weighted by atomic mass is 9.88. The molecule has 1 aromatic carbocycles. The van der Waals surface area contributed by atoms with Gasteiger partial charge in [-0.3, -0.25) is 0 Å². The van der Waals surface area contributed by atoms with Gasteiger partial charge in [0.15, 0.2) is 0 Å². The van der Waals surface area contributed by atoms with Crippen molar-refractivity contribution in [3.05, 3.63) is 28.3 Å². The van der Waals surface area contributed by atoms with Gasteiger partial charge in [-0.2, -0.15) is 15.4 Å². The lowest BCUT2D eigenvalue weighted by Crippen LogP contribution is -2.05. The number of fused-ring (bicyclic) bond motifs is 5. The highest BCUT2D eigenvalue weighted by Crippen LogP contribution is 2.48. The van der Waals surface area contributed by atoms with E-state index in [0.717, 1.165) is 28.9 Å². The summed E-state index contributed by atoms with van der Waals surface area (Å²) in [6.45, 7) is 4.00. The third-order valence-electron chi connectivity index (χ3n) is 3.98. The molecule has 1 heterocycles. The van der Waals surface area contributed by atoms with Gasteiger partial charge in [0, 0.05) is 5.03 Å². The third-order valence-corrected chi connectivity index (χ3v) is 4.38. The van der Waals surface area contributed by atoms with Gasteiger partial charge < -0.3 is 0 Å². The smallest absolute Gasteiger partial charge is 0.116 e. The third kappa shape index (κ3) is 1.88. The zero-order chi connectivity index (χ0) is 13.4. The second kappa shape index (κ2) is 4.97. The van der Waals surface area contributed by atoms with Gasteiger partial charge in [-0.15, -0.1) is 0 Å². The first-order valence-corrected chi connectivity index (χ1v) is 7.43. The summed E-state index contributed by atoms with van der Waals surface area (Å²) in [7, 11) is 0. The number of hydrogen-bond donors (Lipinski definition) is 1. The van der Waals surface area contributed by atoms with E-state index in [1.54, 1.807) is 0 Å². The van der Waals surface area contributed by atoms with E-state index in [0.29, 0.717) is 5.92 Å². The summed E-state index contributed by atoms with van der Waals surface area (Å²) in [5.74, 6) is 0.605. The minimum Gasteiger partial charge on any atom is -0.197 e. The molecule has 0 bridgehead atoms. The molecular weight excluding hydrogens is 258 g/mol. The van der Waals surface area contributed by atoms with E-state index in [1.807, 2.05) is 19.9 Å². The van der Waals surface area contributed by atoms with E-state index >= 15 is 0 Å². The summed E-state index contributed by atoms with van der Waals surface area (Å²) in [5.41, 5.74) is 5.99. The van der Waals surface area contributed by atoms with E-state index in [1.165, 1.54) is 29.5 Å². The van der Waals surface area contributed by atoms with Crippen molar-refractivity contribution >= 4 is 28.2 Å². The minimum absolute atomic E-state index is 0.605. The average molecular weight is 276 g/mol. The van der Waals surface area contributed by atoms with Crippen LogP contribution in [0.1, 0.15) is 44.2 Å². The molecule has 0 fully saturated rings. The van der Waals surface area contributed by atoms with Crippen molar-refractivity contribution in [3.63, 3.8) is 0 Å². The topological polar surface area (TPSA) is 41.6 Å². The Bertz CT molecular complexity index is 642. The van der Waals surface area contributed by atoms with Gasteiger partial charge in [-0.1, -0.05) is 31.5 Å². The van der Waals surface area contributed by atoms with Gasteiger partial charge in [-0.05, 0) is 54.4 Å². The highest BCUT2D eigenvalue weighted by atomic mass is 35.5. The molecule has 0 saturated carbocycles. The molecular formula is C15H18ClN3. The zero-order valence-corrected chi connectivity index (χ0v) is 12.1. The largest absolute Gasteiger partial charge is 0.197 e. The maximum atomic E-state index is 6.41. The van der Waals surface area contributed by atoms with Crippen molar-refractivity contribution in [2.45, 2.75) is 39.5 Å². The lowest BCUT2D eigenvalue weighted by molar-refractivity contribution is 0.570. The fourth-order valence-electron chi connectivity index (χ4n) is 3.25. The highest BCUT2D eigenvalue weighted by molar-refractivity contribution is 6.33. The summed E-state index contributed by atoms with van der Waals surface area (Å²) in [6, 6.07) is 4.19. The molecule has 1 N–H and O–H groups in total. The first-order valence-electron chi connectivity index (χ1n) is 7.06. The molecule has 0 saturated heterocycles. The Hall–Kier alpha value is -1.35. The molecule has 2 aliphatic rings. The molecule has 0 amide bonds. The SMILES string of the molecule is CC.ClC1=C2c3ccc4n[nH]nc4c3CC2CCC1. The first-order chi connectivity index (χ1) is 9.34.